The van der Waals surface area contributed by atoms with Gasteiger partial charge in [-0.2, -0.15) is 0 Å². The summed E-state index contributed by atoms with van der Waals surface area (Å²) in [6, 6.07) is 5.58. The molecule has 0 aliphatic heterocycles. The molecule has 0 spiro atoms. The fourth-order valence-corrected chi connectivity index (χ4v) is 1.01. The number of hydrogen-bond donors (Lipinski definition) is 1. The van der Waals surface area contributed by atoms with Gasteiger partial charge in [-0.1, -0.05) is 0 Å². The van der Waals surface area contributed by atoms with Crippen molar-refractivity contribution in [3.8, 4) is 5.75 Å². The van der Waals surface area contributed by atoms with Crippen LogP contribution < -0.4 is 4.35 Å². The van der Waals surface area contributed by atoms with Crippen LogP contribution in [0.2, 0.25) is 0 Å². The van der Waals surface area contributed by atoms with E-state index in [-0.39, 0.29) is 0 Å². The first kappa shape index (κ1) is 6.70. The van der Waals surface area contributed by atoms with Crippen molar-refractivity contribution < 1.29 is 5.11 Å². The van der Waals surface area contributed by atoms with Crippen LogP contribution in [0.5, 0.6) is 5.75 Å². The second-order valence-corrected chi connectivity index (χ2v) is 3.05. The topological polar surface area (TPSA) is 20.2 Å². The van der Waals surface area contributed by atoms with E-state index in [1.807, 2.05) is 19.1 Å². The summed E-state index contributed by atoms with van der Waals surface area (Å²) < 4.78 is 1.03. The van der Waals surface area contributed by atoms with Crippen molar-refractivity contribution in [2.75, 3.05) is 0 Å². The van der Waals surface area contributed by atoms with Crippen LogP contribution in [0.1, 0.15) is 5.56 Å². The molecule has 0 saturated carbocycles. The second-order valence-electron chi connectivity index (χ2n) is 1.97. The number of phenolic OH excluding ortho intramolecular Hbond substituents is 1. The van der Waals surface area contributed by atoms with E-state index >= 15 is 0 Å². The number of aromatic hydroxyl groups is 1. The number of aryl methyl sites for hydroxylation is 1. The van der Waals surface area contributed by atoms with Crippen LogP contribution in [0.4, 0.5) is 0 Å². The molecule has 46 valence electrons. The molecular formula is C7H7AsO. The van der Waals surface area contributed by atoms with Gasteiger partial charge in [0.1, 0.15) is 0 Å². The Bertz CT molecular complexity index is 220. The maximum absolute atomic E-state index is 9.09. The van der Waals surface area contributed by atoms with Crippen LogP contribution in [0.25, 0.3) is 0 Å². The average Bonchev–Trinajstić information content (AvgIpc) is 1.80. The Morgan fingerprint density at radius 3 is 2.56 bits per heavy atom. The van der Waals surface area contributed by atoms with Crippen molar-refractivity contribution in [2.45, 2.75) is 6.92 Å². The third-order valence-electron chi connectivity index (χ3n) is 1.19. The zero-order chi connectivity index (χ0) is 6.85. The van der Waals surface area contributed by atoms with E-state index < -0.39 is 0 Å². The summed E-state index contributed by atoms with van der Waals surface area (Å²) in [6.45, 7) is 1.88. The molecule has 0 bridgehead atoms. The Morgan fingerprint density at radius 2 is 2.11 bits per heavy atom. The van der Waals surface area contributed by atoms with E-state index in [9.17, 15) is 0 Å². The van der Waals surface area contributed by atoms with Gasteiger partial charge in [0.2, 0.25) is 0 Å². The van der Waals surface area contributed by atoms with E-state index in [2.05, 4.69) is 16.9 Å². The summed E-state index contributed by atoms with van der Waals surface area (Å²) in [4.78, 5) is 0. The van der Waals surface area contributed by atoms with Crippen LogP contribution in [0.15, 0.2) is 18.2 Å². The van der Waals surface area contributed by atoms with Crippen molar-refractivity contribution >= 4 is 21.2 Å². The van der Waals surface area contributed by atoms with E-state index in [1.54, 1.807) is 6.07 Å². The molecule has 0 aliphatic rings. The fourth-order valence-electron chi connectivity index (χ4n) is 0.598. The van der Waals surface area contributed by atoms with Crippen LogP contribution >= 0.6 is 0 Å². The van der Waals surface area contributed by atoms with Gasteiger partial charge in [-0.25, -0.2) is 0 Å². The molecule has 1 nitrogen and oxygen atoms in total. The summed E-state index contributed by atoms with van der Waals surface area (Å²) in [7, 11) is 0. The molecule has 2 radical (unpaired) electrons. The molecule has 1 N–H and O–H groups in total. The van der Waals surface area contributed by atoms with Gasteiger partial charge in [0.05, 0.1) is 0 Å². The zero-order valence-corrected chi connectivity index (χ0v) is 7.00. The van der Waals surface area contributed by atoms with Gasteiger partial charge in [0.25, 0.3) is 0 Å². The minimum absolute atomic E-state index is 0.369. The van der Waals surface area contributed by atoms with Crippen LogP contribution in [-0.2, 0) is 0 Å². The first-order valence-electron chi connectivity index (χ1n) is 2.69. The molecule has 1 rings (SSSR count). The fraction of sp³-hybridized carbons (Fsp3) is 0.143. The summed E-state index contributed by atoms with van der Waals surface area (Å²) in [6.07, 6.45) is 0. The number of phenols is 1. The molecule has 0 heterocycles. The molecule has 1 aromatic rings. The Kier molecular flexibility index (Phi) is 1.82. The van der Waals surface area contributed by atoms with Gasteiger partial charge in [-0.05, 0) is 0 Å². The van der Waals surface area contributed by atoms with Crippen LogP contribution in [0, 0.1) is 6.92 Å². The van der Waals surface area contributed by atoms with Gasteiger partial charge in [0.15, 0.2) is 0 Å². The first-order chi connectivity index (χ1) is 4.20. The predicted octanol–water partition coefficient (Wildman–Crippen LogP) is 0.494. The van der Waals surface area contributed by atoms with E-state index in [4.69, 9.17) is 5.11 Å². The SMILES string of the molecule is Cc1ccc([As])cc1O. The Morgan fingerprint density at radius 1 is 1.44 bits per heavy atom. The van der Waals surface area contributed by atoms with Gasteiger partial charge in [0, 0.05) is 0 Å². The summed E-state index contributed by atoms with van der Waals surface area (Å²) in [5.74, 6) is 0.369. The maximum atomic E-state index is 9.09. The van der Waals surface area contributed by atoms with Crippen LogP contribution in [-0.4, -0.2) is 22.0 Å². The summed E-state index contributed by atoms with van der Waals surface area (Å²) in [5, 5.41) is 9.09. The average molecular weight is 182 g/mol. The van der Waals surface area contributed by atoms with E-state index in [0.717, 1.165) is 9.91 Å². The molecule has 0 amide bonds. The molecule has 0 aromatic heterocycles. The number of rotatable bonds is 0. The third-order valence-corrected chi connectivity index (χ3v) is 1.78. The molecule has 2 heteroatoms. The molecule has 0 unspecified atom stereocenters. The van der Waals surface area contributed by atoms with Crippen molar-refractivity contribution in [2.24, 2.45) is 0 Å². The molecule has 1 aromatic carbocycles. The molecule has 0 aliphatic carbocycles. The quantitative estimate of drug-likeness (QED) is 0.579. The normalized spacial score (nSPS) is 9.56. The van der Waals surface area contributed by atoms with Crippen LogP contribution in [0.3, 0.4) is 0 Å². The molecule has 0 fully saturated rings. The van der Waals surface area contributed by atoms with E-state index in [0.29, 0.717) is 5.75 Å². The van der Waals surface area contributed by atoms with Crippen molar-refractivity contribution in [3.05, 3.63) is 23.8 Å². The van der Waals surface area contributed by atoms with Gasteiger partial charge in [-0.15, -0.1) is 0 Å². The molecule has 0 saturated heterocycles. The monoisotopic (exact) mass is 182 g/mol. The van der Waals surface area contributed by atoms with E-state index in [1.165, 1.54) is 0 Å². The summed E-state index contributed by atoms with van der Waals surface area (Å²) >= 11 is 2.38. The second kappa shape index (κ2) is 2.45. The Labute approximate surface area is 63.2 Å². The van der Waals surface area contributed by atoms with Gasteiger partial charge in [-0.3, -0.25) is 0 Å². The zero-order valence-electron chi connectivity index (χ0n) is 5.13. The summed E-state index contributed by atoms with van der Waals surface area (Å²) in [5.41, 5.74) is 0.921. The third kappa shape index (κ3) is 1.49. The predicted molar refractivity (Wildman–Crippen MR) is 38.2 cm³/mol. The van der Waals surface area contributed by atoms with Gasteiger partial charge < -0.3 is 0 Å². The Balaban J connectivity index is 3.17. The van der Waals surface area contributed by atoms with Gasteiger partial charge >= 0.3 is 62.7 Å². The Hall–Kier alpha value is -0.422. The number of benzene rings is 1. The standard InChI is InChI=1S/C7H7AsO/c1-5-2-3-6(8)4-7(5)9/h2-4,9H,1H3. The van der Waals surface area contributed by atoms with Crippen molar-refractivity contribution in [1.82, 2.24) is 0 Å². The van der Waals surface area contributed by atoms with Crippen molar-refractivity contribution in [3.63, 3.8) is 0 Å². The molecule has 0 atom stereocenters. The minimum atomic E-state index is 0.369. The molecular weight excluding hydrogens is 175 g/mol. The first-order valence-corrected chi connectivity index (χ1v) is 3.62. The molecule has 9 heavy (non-hydrogen) atoms. The number of hydrogen-bond acceptors (Lipinski definition) is 1. The van der Waals surface area contributed by atoms with Crippen molar-refractivity contribution in [1.29, 1.82) is 0 Å².